The highest BCUT2D eigenvalue weighted by Gasteiger charge is 2.19. The van der Waals surface area contributed by atoms with Crippen LogP contribution in [0.4, 0.5) is 0 Å². The predicted octanol–water partition coefficient (Wildman–Crippen LogP) is 2.68. The van der Waals surface area contributed by atoms with E-state index in [1.165, 1.54) is 6.33 Å². The van der Waals surface area contributed by atoms with Gasteiger partial charge in [-0.1, -0.05) is 24.3 Å². The van der Waals surface area contributed by atoms with Crippen LogP contribution in [0, 0.1) is 6.92 Å². The molecular weight excluding hydrogens is 378 g/mol. The van der Waals surface area contributed by atoms with Crippen LogP contribution < -0.4 is 0 Å². The van der Waals surface area contributed by atoms with E-state index in [1.807, 2.05) is 55.2 Å². The van der Waals surface area contributed by atoms with E-state index in [0.717, 1.165) is 33.9 Å². The van der Waals surface area contributed by atoms with E-state index >= 15 is 0 Å². The van der Waals surface area contributed by atoms with Crippen molar-refractivity contribution in [1.82, 2.24) is 44.3 Å². The lowest BCUT2D eigenvalue weighted by Gasteiger charge is -2.11. The Bertz CT molecular complexity index is 1300. The number of hydrogen-bond acceptors (Lipinski definition) is 6. The predicted molar refractivity (Wildman–Crippen MR) is 111 cm³/mol. The summed E-state index contributed by atoms with van der Waals surface area (Å²) in [7, 11) is 1.88. The maximum atomic E-state index is 4.90. The Morgan fingerprint density at radius 1 is 1.03 bits per heavy atom. The molecule has 0 aliphatic rings. The van der Waals surface area contributed by atoms with Gasteiger partial charge in [-0.25, -0.2) is 19.3 Å². The van der Waals surface area contributed by atoms with Crippen molar-refractivity contribution in [3.63, 3.8) is 0 Å². The molecule has 0 unspecified atom stereocenters. The standard InChI is InChI=1S/C21H19N9/c1-15-19(8-5-9-23-15)30-21(26-20(27-30)17-10-24-28(2)11-17)18-7-4-3-6-16(18)12-29-14-22-13-25-29/h3-11,13-14H,12H2,1-2H3. The minimum Gasteiger partial charge on any atom is -0.275 e. The van der Waals surface area contributed by atoms with Gasteiger partial charge in [0.1, 0.15) is 12.7 Å². The number of pyridine rings is 1. The van der Waals surface area contributed by atoms with Gasteiger partial charge in [0, 0.05) is 25.0 Å². The minimum absolute atomic E-state index is 0.581. The molecule has 9 nitrogen and oxygen atoms in total. The lowest BCUT2D eigenvalue weighted by Crippen LogP contribution is -2.06. The molecule has 5 rings (SSSR count). The Kier molecular flexibility index (Phi) is 4.40. The number of rotatable bonds is 5. The molecule has 0 amide bonds. The van der Waals surface area contributed by atoms with Crippen LogP contribution in [0.3, 0.4) is 0 Å². The van der Waals surface area contributed by atoms with Crippen LogP contribution in [-0.2, 0) is 13.6 Å². The molecule has 0 radical (unpaired) electrons. The molecule has 0 fully saturated rings. The average Bonchev–Trinajstić information content (AvgIpc) is 3.50. The molecule has 9 heteroatoms. The molecular formula is C21H19N9. The Hall–Kier alpha value is -4.14. The number of aryl methyl sites for hydroxylation is 2. The zero-order chi connectivity index (χ0) is 20.5. The summed E-state index contributed by atoms with van der Waals surface area (Å²) in [5.41, 5.74) is 4.64. The van der Waals surface area contributed by atoms with Crippen LogP contribution in [0.15, 0.2) is 67.6 Å². The molecule has 0 spiro atoms. The molecule has 5 aromatic rings. The average molecular weight is 397 g/mol. The van der Waals surface area contributed by atoms with E-state index in [0.29, 0.717) is 12.4 Å². The van der Waals surface area contributed by atoms with Gasteiger partial charge in [0.2, 0.25) is 0 Å². The van der Waals surface area contributed by atoms with E-state index in [9.17, 15) is 0 Å². The van der Waals surface area contributed by atoms with Crippen molar-refractivity contribution in [3.8, 4) is 28.5 Å². The second-order valence-corrected chi connectivity index (χ2v) is 6.93. The monoisotopic (exact) mass is 397 g/mol. The number of aromatic nitrogens is 9. The van der Waals surface area contributed by atoms with E-state index in [4.69, 9.17) is 10.1 Å². The molecule has 0 saturated heterocycles. The molecule has 0 aliphatic carbocycles. The van der Waals surface area contributed by atoms with Crippen molar-refractivity contribution in [1.29, 1.82) is 0 Å². The second kappa shape index (κ2) is 7.36. The normalized spacial score (nSPS) is 11.1. The van der Waals surface area contributed by atoms with Crippen LogP contribution in [-0.4, -0.2) is 44.3 Å². The van der Waals surface area contributed by atoms with Gasteiger partial charge in [0.05, 0.1) is 29.7 Å². The van der Waals surface area contributed by atoms with Gasteiger partial charge in [0.25, 0.3) is 0 Å². The molecule has 0 bridgehead atoms. The summed E-state index contributed by atoms with van der Waals surface area (Å²) in [5, 5.41) is 13.3. The van der Waals surface area contributed by atoms with Crippen LogP contribution in [0.1, 0.15) is 11.3 Å². The minimum atomic E-state index is 0.581. The summed E-state index contributed by atoms with van der Waals surface area (Å²) < 4.78 is 5.38. The molecule has 0 aliphatic heterocycles. The summed E-state index contributed by atoms with van der Waals surface area (Å²) in [5.74, 6) is 1.34. The fraction of sp³-hybridized carbons (Fsp3) is 0.143. The van der Waals surface area contributed by atoms with E-state index < -0.39 is 0 Å². The third-order valence-electron chi connectivity index (χ3n) is 4.83. The SMILES string of the molecule is Cc1ncccc1-n1nc(-c2cnn(C)c2)nc1-c1ccccc1Cn1cncn1. The Morgan fingerprint density at radius 2 is 1.93 bits per heavy atom. The van der Waals surface area contributed by atoms with E-state index in [1.54, 1.807) is 28.1 Å². The van der Waals surface area contributed by atoms with Gasteiger partial charge in [-0.05, 0) is 24.6 Å². The second-order valence-electron chi connectivity index (χ2n) is 6.93. The van der Waals surface area contributed by atoms with Gasteiger partial charge < -0.3 is 0 Å². The third kappa shape index (κ3) is 3.26. The topological polar surface area (TPSA) is 92.1 Å². The van der Waals surface area contributed by atoms with Crippen molar-refractivity contribution < 1.29 is 0 Å². The van der Waals surface area contributed by atoms with Gasteiger partial charge in [-0.3, -0.25) is 9.67 Å². The highest BCUT2D eigenvalue weighted by molar-refractivity contribution is 5.66. The molecule has 4 heterocycles. The molecule has 1 aromatic carbocycles. The van der Waals surface area contributed by atoms with Crippen molar-refractivity contribution >= 4 is 0 Å². The summed E-state index contributed by atoms with van der Waals surface area (Å²) in [4.78, 5) is 13.4. The van der Waals surface area contributed by atoms with Crippen molar-refractivity contribution in [2.75, 3.05) is 0 Å². The zero-order valence-corrected chi connectivity index (χ0v) is 16.6. The van der Waals surface area contributed by atoms with Gasteiger partial charge in [0.15, 0.2) is 11.6 Å². The fourth-order valence-electron chi connectivity index (χ4n) is 3.38. The van der Waals surface area contributed by atoms with Crippen LogP contribution >= 0.6 is 0 Å². The highest BCUT2D eigenvalue weighted by Crippen LogP contribution is 2.28. The zero-order valence-electron chi connectivity index (χ0n) is 16.6. The first kappa shape index (κ1) is 17.9. The first-order valence-electron chi connectivity index (χ1n) is 9.48. The molecule has 0 atom stereocenters. The van der Waals surface area contributed by atoms with Crippen LogP contribution in [0.5, 0.6) is 0 Å². The number of hydrogen-bond donors (Lipinski definition) is 0. The Labute approximate surface area is 172 Å². The number of benzene rings is 1. The summed E-state index contributed by atoms with van der Waals surface area (Å²) in [6.45, 7) is 2.54. The van der Waals surface area contributed by atoms with E-state index in [-0.39, 0.29) is 0 Å². The Balaban J connectivity index is 1.70. The maximum Gasteiger partial charge on any atom is 0.185 e. The lowest BCUT2D eigenvalue weighted by molar-refractivity contribution is 0.685. The van der Waals surface area contributed by atoms with Crippen molar-refractivity contribution in [2.45, 2.75) is 13.5 Å². The summed E-state index contributed by atoms with van der Waals surface area (Å²) >= 11 is 0. The Morgan fingerprint density at radius 3 is 2.70 bits per heavy atom. The number of nitrogens with zero attached hydrogens (tertiary/aromatic N) is 9. The molecule has 0 N–H and O–H groups in total. The lowest BCUT2D eigenvalue weighted by atomic mass is 10.1. The molecule has 148 valence electrons. The molecule has 4 aromatic heterocycles. The smallest absolute Gasteiger partial charge is 0.185 e. The highest BCUT2D eigenvalue weighted by atomic mass is 15.4. The van der Waals surface area contributed by atoms with E-state index in [2.05, 4.69) is 26.2 Å². The van der Waals surface area contributed by atoms with Crippen molar-refractivity contribution in [3.05, 3.63) is 78.9 Å². The van der Waals surface area contributed by atoms with Crippen LogP contribution in [0.25, 0.3) is 28.5 Å². The fourth-order valence-corrected chi connectivity index (χ4v) is 3.38. The summed E-state index contributed by atoms with van der Waals surface area (Å²) in [6.07, 6.45) is 8.68. The van der Waals surface area contributed by atoms with Crippen molar-refractivity contribution in [2.24, 2.45) is 7.05 Å². The van der Waals surface area contributed by atoms with Gasteiger partial charge in [-0.15, -0.1) is 5.10 Å². The molecule has 30 heavy (non-hydrogen) atoms. The summed E-state index contributed by atoms with van der Waals surface area (Å²) in [6, 6.07) is 12.0. The quantitative estimate of drug-likeness (QED) is 0.453. The third-order valence-corrected chi connectivity index (χ3v) is 4.83. The first-order valence-corrected chi connectivity index (χ1v) is 9.48. The van der Waals surface area contributed by atoms with Gasteiger partial charge >= 0.3 is 0 Å². The largest absolute Gasteiger partial charge is 0.275 e. The van der Waals surface area contributed by atoms with Gasteiger partial charge in [-0.2, -0.15) is 10.2 Å². The maximum absolute atomic E-state index is 4.90. The van der Waals surface area contributed by atoms with Crippen LogP contribution in [0.2, 0.25) is 0 Å². The first-order chi connectivity index (χ1) is 14.7. The molecule has 0 saturated carbocycles.